The van der Waals surface area contributed by atoms with E-state index in [9.17, 15) is 9.59 Å². The third-order valence-corrected chi connectivity index (χ3v) is 3.70. The van der Waals surface area contributed by atoms with Gasteiger partial charge >= 0.3 is 11.8 Å². The molecule has 0 unspecified atom stereocenters. The molecule has 2 rings (SSSR count). The number of hydrogen-bond donors (Lipinski definition) is 1. The zero-order valence-electron chi connectivity index (χ0n) is 13.6. The van der Waals surface area contributed by atoms with Gasteiger partial charge in [0.2, 0.25) is 0 Å². The summed E-state index contributed by atoms with van der Waals surface area (Å²) in [7, 11) is 3.60. The van der Waals surface area contributed by atoms with Gasteiger partial charge in [0.1, 0.15) is 18.1 Å². The van der Waals surface area contributed by atoms with Gasteiger partial charge in [-0.05, 0) is 31.3 Å². The zero-order valence-corrected chi connectivity index (χ0v) is 13.6. The molecule has 1 aliphatic heterocycles. The highest BCUT2D eigenvalue weighted by molar-refractivity contribution is 6.35. The Labute approximate surface area is 136 Å². The van der Waals surface area contributed by atoms with Gasteiger partial charge in [-0.25, -0.2) is 0 Å². The predicted octanol–water partition coefficient (Wildman–Crippen LogP) is -0.0358. The van der Waals surface area contributed by atoms with Gasteiger partial charge in [-0.1, -0.05) is 0 Å². The number of amides is 2. The Kier molecular flexibility index (Phi) is 6.22. The van der Waals surface area contributed by atoms with Crippen molar-refractivity contribution in [1.82, 2.24) is 15.1 Å². The molecule has 23 heavy (non-hydrogen) atoms. The van der Waals surface area contributed by atoms with Gasteiger partial charge in [0.25, 0.3) is 0 Å². The minimum atomic E-state index is -0.576. The first kappa shape index (κ1) is 17.1. The largest absolute Gasteiger partial charge is 0.497 e. The third-order valence-electron chi connectivity index (χ3n) is 3.70. The van der Waals surface area contributed by atoms with Crippen LogP contribution in [0.4, 0.5) is 0 Å². The Morgan fingerprint density at radius 3 is 2.30 bits per heavy atom. The minimum Gasteiger partial charge on any atom is -0.497 e. The molecule has 0 spiro atoms. The van der Waals surface area contributed by atoms with Gasteiger partial charge in [0, 0.05) is 26.2 Å². The second kappa shape index (κ2) is 8.38. The van der Waals surface area contributed by atoms with E-state index in [-0.39, 0.29) is 6.54 Å². The summed E-state index contributed by atoms with van der Waals surface area (Å²) in [4.78, 5) is 27.5. The average molecular weight is 321 g/mol. The smallest absolute Gasteiger partial charge is 0.311 e. The first-order valence-corrected chi connectivity index (χ1v) is 7.62. The molecule has 1 aliphatic rings. The molecule has 7 heteroatoms. The Morgan fingerprint density at radius 2 is 1.70 bits per heavy atom. The molecule has 0 bridgehead atoms. The molecule has 0 aromatic heterocycles. The fraction of sp³-hybridized carbons (Fsp3) is 0.500. The summed E-state index contributed by atoms with van der Waals surface area (Å²) in [6.45, 7) is 3.34. The zero-order chi connectivity index (χ0) is 16.7. The quantitative estimate of drug-likeness (QED) is 0.609. The minimum absolute atomic E-state index is 0.282. The van der Waals surface area contributed by atoms with Crippen LogP contribution in [-0.2, 0) is 9.59 Å². The Balaban J connectivity index is 1.66. The molecule has 1 N–H and O–H groups in total. The first-order chi connectivity index (χ1) is 11.1. The third kappa shape index (κ3) is 5.14. The van der Waals surface area contributed by atoms with Crippen LogP contribution in [0.2, 0.25) is 0 Å². The molecular formula is C16H23N3O4. The molecular weight excluding hydrogens is 298 g/mol. The van der Waals surface area contributed by atoms with Gasteiger partial charge in [0.15, 0.2) is 0 Å². The SMILES string of the molecule is COc1ccc(OCCNC(=O)C(=O)N2CCN(C)CC2)cc1. The van der Waals surface area contributed by atoms with Crippen LogP contribution in [-0.4, -0.2) is 75.1 Å². The normalized spacial score (nSPS) is 15.1. The number of piperazine rings is 1. The second-order valence-electron chi connectivity index (χ2n) is 5.38. The summed E-state index contributed by atoms with van der Waals surface area (Å²) in [5, 5.41) is 2.59. The van der Waals surface area contributed by atoms with E-state index in [4.69, 9.17) is 9.47 Å². The average Bonchev–Trinajstić information content (AvgIpc) is 2.59. The topological polar surface area (TPSA) is 71.1 Å². The fourth-order valence-electron chi connectivity index (χ4n) is 2.23. The fourth-order valence-corrected chi connectivity index (χ4v) is 2.23. The molecule has 0 saturated carbocycles. The van der Waals surface area contributed by atoms with Crippen molar-refractivity contribution in [2.75, 3.05) is 53.5 Å². The molecule has 1 aromatic carbocycles. The van der Waals surface area contributed by atoms with Crippen LogP contribution in [0.25, 0.3) is 0 Å². The number of methoxy groups -OCH3 is 1. The highest BCUT2D eigenvalue weighted by Crippen LogP contribution is 2.16. The molecule has 2 amide bonds. The molecule has 126 valence electrons. The van der Waals surface area contributed by atoms with E-state index in [1.165, 1.54) is 0 Å². The van der Waals surface area contributed by atoms with Crippen LogP contribution in [0.5, 0.6) is 11.5 Å². The van der Waals surface area contributed by atoms with Crippen LogP contribution in [0, 0.1) is 0 Å². The second-order valence-corrected chi connectivity index (χ2v) is 5.38. The number of carbonyl (C=O) groups is 2. The summed E-state index contributed by atoms with van der Waals surface area (Å²) < 4.78 is 10.6. The maximum atomic E-state index is 12.0. The van der Waals surface area contributed by atoms with Crippen LogP contribution in [0.1, 0.15) is 0 Å². The number of rotatable bonds is 5. The number of ether oxygens (including phenoxy) is 2. The van der Waals surface area contributed by atoms with Crippen molar-refractivity contribution in [2.24, 2.45) is 0 Å². The standard InChI is InChI=1S/C16H23N3O4/c1-18-8-10-19(11-9-18)16(21)15(20)17-7-12-23-14-5-3-13(22-2)4-6-14/h3-6H,7-12H2,1-2H3,(H,17,20). The van der Waals surface area contributed by atoms with Gasteiger partial charge in [0.05, 0.1) is 13.7 Å². The lowest BCUT2D eigenvalue weighted by Gasteiger charge is -2.31. The summed E-state index contributed by atoms with van der Waals surface area (Å²) in [6, 6.07) is 7.17. The number of likely N-dealkylation sites (N-methyl/N-ethyl adjacent to an activating group) is 1. The van der Waals surface area contributed by atoms with Crippen molar-refractivity contribution in [2.45, 2.75) is 0 Å². The van der Waals surface area contributed by atoms with Crippen LogP contribution in [0.3, 0.4) is 0 Å². The number of carbonyl (C=O) groups excluding carboxylic acids is 2. The summed E-state index contributed by atoms with van der Waals surface area (Å²) in [5.41, 5.74) is 0. The highest BCUT2D eigenvalue weighted by Gasteiger charge is 2.24. The number of nitrogens with zero attached hydrogens (tertiary/aromatic N) is 2. The van der Waals surface area contributed by atoms with Gasteiger partial charge in [-0.2, -0.15) is 0 Å². The van der Waals surface area contributed by atoms with E-state index in [1.807, 2.05) is 7.05 Å². The lowest BCUT2D eigenvalue weighted by molar-refractivity contribution is -0.146. The van der Waals surface area contributed by atoms with E-state index in [0.29, 0.717) is 25.4 Å². The summed E-state index contributed by atoms with van der Waals surface area (Å²) >= 11 is 0. The Bertz CT molecular complexity index is 525. The van der Waals surface area contributed by atoms with E-state index >= 15 is 0 Å². The van der Waals surface area contributed by atoms with Gasteiger partial charge in [-0.15, -0.1) is 0 Å². The van der Waals surface area contributed by atoms with Crippen LogP contribution < -0.4 is 14.8 Å². The van der Waals surface area contributed by atoms with Crippen molar-refractivity contribution >= 4 is 11.8 Å². The van der Waals surface area contributed by atoms with E-state index in [1.54, 1.807) is 36.3 Å². The lowest BCUT2D eigenvalue weighted by atomic mass is 10.3. The molecule has 0 atom stereocenters. The number of hydrogen-bond acceptors (Lipinski definition) is 5. The van der Waals surface area contributed by atoms with E-state index < -0.39 is 11.8 Å². The van der Waals surface area contributed by atoms with Gasteiger partial charge < -0.3 is 24.6 Å². The Hall–Kier alpha value is -2.28. The molecule has 1 saturated heterocycles. The summed E-state index contributed by atoms with van der Waals surface area (Å²) in [6.07, 6.45) is 0. The summed E-state index contributed by atoms with van der Waals surface area (Å²) in [5.74, 6) is 0.393. The Morgan fingerprint density at radius 1 is 1.09 bits per heavy atom. The van der Waals surface area contributed by atoms with Gasteiger partial charge in [-0.3, -0.25) is 9.59 Å². The van der Waals surface area contributed by atoms with E-state index in [0.717, 1.165) is 18.8 Å². The molecule has 0 radical (unpaired) electrons. The monoisotopic (exact) mass is 321 g/mol. The first-order valence-electron chi connectivity index (χ1n) is 7.62. The van der Waals surface area contributed by atoms with Crippen molar-refractivity contribution < 1.29 is 19.1 Å². The number of nitrogens with one attached hydrogen (secondary N) is 1. The molecule has 1 aromatic rings. The maximum absolute atomic E-state index is 12.0. The van der Waals surface area contributed by atoms with Crippen LogP contribution in [0.15, 0.2) is 24.3 Å². The van der Waals surface area contributed by atoms with Crippen molar-refractivity contribution in [3.8, 4) is 11.5 Å². The van der Waals surface area contributed by atoms with Crippen molar-refractivity contribution in [3.05, 3.63) is 24.3 Å². The molecule has 7 nitrogen and oxygen atoms in total. The lowest BCUT2D eigenvalue weighted by Crippen LogP contribution is -2.51. The molecule has 1 heterocycles. The van der Waals surface area contributed by atoms with Crippen molar-refractivity contribution in [3.63, 3.8) is 0 Å². The molecule has 0 aliphatic carbocycles. The predicted molar refractivity (Wildman–Crippen MR) is 85.6 cm³/mol. The van der Waals surface area contributed by atoms with Crippen LogP contribution >= 0.6 is 0 Å². The number of benzene rings is 1. The van der Waals surface area contributed by atoms with Crippen molar-refractivity contribution in [1.29, 1.82) is 0 Å². The highest BCUT2D eigenvalue weighted by atomic mass is 16.5. The molecule has 1 fully saturated rings. The van der Waals surface area contributed by atoms with E-state index in [2.05, 4.69) is 10.2 Å². The maximum Gasteiger partial charge on any atom is 0.311 e.